The third kappa shape index (κ3) is 5.74. The van der Waals surface area contributed by atoms with Crippen molar-refractivity contribution in [3.8, 4) is 78.9 Å². The maximum atomic E-state index is 10.4. The van der Waals surface area contributed by atoms with Crippen molar-refractivity contribution in [3.63, 3.8) is 0 Å². The van der Waals surface area contributed by atoms with Crippen LogP contribution in [0.5, 0.6) is 0 Å². The molecule has 0 unspecified atom stereocenters. The van der Waals surface area contributed by atoms with E-state index in [9.17, 15) is 10.5 Å². The van der Waals surface area contributed by atoms with Crippen molar-refractivity contribution in [1.29, 1.82) is 10.5 Å². The summed E-state index contributed by atoms with van der Waals surface area (Å²) in [5, 5.41) is 22.9. The van der Waals surface area contributed by atoms with E-state index in [4.69, 9.17) is 4.42 Å². The molecular weight excluding hydrogens is 645 g/mol. The Labute approximate surface area is 307 Å². The van der Waals surface area contributed by atoms with E-state index < -0.39 is 0 Å². The summed E-state index contributed by atoms with van der Waals surface area (Å²) in [6.07, 6.45) is 0. The molecule has 9 aromatic rings. The van der Waals surface area contributed by atoms with Gasteiger partial charge in [0, 0.05) is 33.0 Å². The van der Waals surface area contributed by atoms with Crippen molar-refractivity contribution in [1.82, 2.24) is 0 Å². The monoisotopic (exact) mass is 674 g/mol. The first-order chi connectivity index (χ1) is 26.2. The number of nitrogens with zero attached hydrogens (tertiary/aromatic N) is 2. The molecule has 8 aromatic carbocycles. The highest BCUT2D eigenvalue weighted by Crippen LogP contribution is 2.41. The summed E-state index contributed by atoms with van der Waals surface area (Å²) in [5.74, 6) is 0. The van der Waals surface area contributed by atoms with Crippen molar-refractivity contribution >= 4 is 21.9 Å². The summed E-state index contributed by atoms with van der Waals surface area (Å²) in [6, 6.07) is 66.6. The minimum absolute atomic E-state index is 0.650. The van der Waals surface area contributed by atoms with Crippen LogP contribution < -0.4 is 0 Å². The maximum Gasteiger partial charge on any atom is 0.136 e. The molecule has 1 heterocycles. The summed E-state index contributed by atoms with van der Waals surface area (Å²) in [6.45, 7) is 0. The van der Waals surface area contributed by atoms with Crippen LogP contribution in [-0.2, 0) is 0 Å². The molecule has 0 aliphatic rings. The Balaban J connectivity index is 1.19. The van der Waals surface area contributed by atoms with E-state index in [1.54, 1.807) is 0 Å². The zero-order valence-electron chi connectivity index (χ0n) is 28.6. The molecule has 0 bridgehead atoms. The van der Waals surface area contributed by atoms with E-state index in [1.165, 1.54) is 0 Å². The van der Waals surface area contributed by atoms with Gasteiger partial charge in [0.1, 0.15) is 23.3 Å². The third-order valence-corrected chi connectivity index (χ3v) is 9.98. The van der Waals surface area contributed by atoms with Crippen LogP contribution in [0, 0.1) is 22.7 Å². The molecule has 0 saturated heterocycles. The second-order valence-electron chi connectivity index (χ2n) is 13.1. The SMILES string of the molecule is N#Cc1c(-c2ccccc2)cc(-c2ccc3c(c2)oc2ccc(-c4cc(-c5ccccc5)c(C#N)c(-c5ccccc5)c4)cc23)cc1-c1ccccc1. The van der Waals surface area contributed by atoms with Gasteiger partial charge in [0.25, 0.3) is 0 Å². The van der Waals surface area contributed by atoms with E-state index >= 15 is 0 Å². The van der Waals surface area contributed by atoms with Gasteiger partial charge >= 0.3 is 0 Å². The van der Waals surface area contributed by atoms with Gasteiger partial charge in [-0.15, -0.1) is 0 Å². The first kappa shape index (κ1) is 31.5. The number of rotatable bonds is 6. The van der Waals surface area contributed by atoms with Crippen LogP contribution in [0.4, 0.5) is 0 Å². The highest BCUT2D eigenvalue weighted by Gasteiger charge is 2.18. The quantitative estimate of drug-likeness (QED) is 0.176. The Morgan fingerprint density at radius 2 is 0.679 bits per heavy atom. The summed E-state index contributed by atoms with van der Waals surface area (Å²) in [4.78, 5) is 0. The van der Waals surface area contributed by atoms with Gasteiger partial charge in [-0.3, -0.25) is 0 Å². The van der Waals surface area contributed by atoms with E-state index in [1.807, 2.05) is 103 Å². The summed E-state index contributed by atoms with van der Waals surface area (Å²) in [7, 11) is 0. The Bertz CT molecular complexity index is 2760. The maximum absolute atomic E-state index is 10.4. The highest BCUT2D eigenvalue weighted by molar-refractivity contribution is 6.07. The van der Waals surface area contributed by atoms with Gasteiger partial charge in [0.15, 0.2) is 0 Å². The van der Waals surface area contributed by atoms with Crippen molar-refractivity contribution in [3.05, 3.63) is 193 Å². The van der Waals surface area contributed by atoms with E-state index in [0.29, 0.717) is 11.1 Å². The average Bonchev–Trinajstić information content (AvgIpc) is 3.61. The van der Waals surface area contributed by atoms with Crippen molar-refractivity contribution in [2.75, 3.05) is 0 Å². The largest absolute Gasteiger partial charge is 0.456 e. The molecule has 9 rings (SSSR count). The van der Waals surface area contributed by atoms with E-state index in [-0.39, 0.29) is 0 Å². The molecule has 0 saturated carbocycles. The first-order valence-electron chi connectivity index (χ1n) is 17.5. The molecule has 3 nitrogen and oxygen atoms in total. The lowest BCUT2D eigenvalue weighted by Gasteiger charge is -2.14. The Hall–Kier alpha value is -7.46. The van der Waals surface area contributed by atoms with Gasteiger partial charge in [0.2, 0.25) is 0 Å². The van der Waals surface area contributed by atoms with Crippen LogP contribution in [-0.4, -0.2) is 0 Å². The molecule has 0 N–H and O–H groups in total. The Morgan fingerprint density at radius 3 is 1.08 bits per heavy atom. The zero-order chi connectivity index (χ0) is 35.7. The van der Waals surface area contributed by atoms with Gasteiger partial charge in [-0.25, -0.2) is 0 Å². The smallest absolute Gasteiger partial charge is 0.136 e. The molecule has 0 atom stereocenters. The molecule has 0 radical (unpaired) electrons. The number of benzene rings is 8. The highest BCUT2D eigenvalue weighted by atomic mass is 16.3. The number of nitriles is 2. The van der Waals surface area contributed by atoms with Gasteiger partial charge < -0.3 is 4.42 Å². The third-order valence-electron chi connectivity index (χ3n) is 9.98. The minimum atomic E-state index is 0.650. The van der Waals surface area contributed by atoms with E-state index in [0.717, 1.165) is 88.7 Å². The van der Waals surface area contributed by atoms with Crippen LogP contribution >= 0.6 is 0 Å². The van der Waals surface area contributed by atoms with Crippen molar-refractivity contribution in [2.24, 2.45) is 0 Å². The Kier molecular flexibility index (Phi) is 7.94. The molecule has 246 valence electrons. The molecule has 0 amide bonds. The predicted octanol–water partition coefficient (Wildman–Crippen LogP) is 13.3. The van der Waals surface area contributed by atoms with Crippen LogP contribution in [0.15, 0.2) is 186 Å². The number of hydrogen-bond donors (Lipinski definition) is 0. The van der Waals surface area contributed by atoms with Gasteiger partial charge in [-0.2, -0.15) is 10.5 Å². The molecule has 1 aromatic heterocycles. The molecule has 0 aliphatic heterocycles. The van der Waals surface area contributed by atoms with Crippen LogP contribution in [0.2, 0.25) is 0 Å². The standard InChI is InChI=1S/C50H30N2O/c51-31-47-42(33-13-5-1-6-14-33)26-39(27-43(47)34-15-7-2-8-16-34)37-22-24-49-46(25-37)41-23-21-38(30-50(41)53-49)40-28-44(35-17-9-3-10-18-35)48(32-52)45(29-40)36-19-11-4-12-20-36/h1-30H. The lowest BCUT2D eigenvalue weighted by Crippen LogP contribution is -1.92. The number of hydrogen-bond acceptors (Lipinski definition) is 3. The van der Waals surface area contributed by atoms with Crippen molar-refractivity contribution < 1.29 is 4.42 Å². The molecule has 0 spiro atoms. The van der Waals surface area contributed by atoms with Crippen LogP contribution in [0.1, 0.15) is 11.1 Å². The lowest BCUT2D eigenvalue weighted by molar-refractivity contribution is 0.669. The fourth-order valence-electron chi connectivity index (χ4n) is 7.38. The zero-order valence-corrected chi connectivity index (χ0v) is 28.6. The second-order valence-corrected chi connectivity index (χ2v) is 13.1. The second kappa shape index (κ2) is 13.3. The lowest BCUT2D eigenvalue weighted by atomic mass is 9.88. The summed E-state index contributed by atoms with van der Waals surface area (Å²) in [5.41, 5.74) is 14.5. The molecule has 53 heavy (non-hydrogen) atoms. The minimum Gasteiger partial charge on any atom is -0.456 e. The first-order valence-corrected chi connectivity index (χ1v) is 17.5. The molecule has 0 fully saturated rings. The van der Waals surface area contributed by atoms with Gasteiger partial charge in [0.05, 0.1) is 11.1 Å². The van der Waals surface area contributed by atoms with E-state index in [2.05, 4.69) is 91.0 Å². The summed E-state index contributed by atoms with van der Waals surface area (Å²) < 4.78 is 6.51. The molecule has 0 aliphatic carbocycles. The van der Waals surface area contributed by atoms with Crippen molar-refractivity contribution in [2.45, 2.75) is 0 Å². The molecular formula is C50H30N2O. The fourth-order valence-corrected chi connectivity index (χ4v) is 7.38. The fraction of sp³-hybridized carbons (Fsp3) is 0. The number of fused-ring (bicyclic) bond motifs is 3. The number of furan rings is 1. The van der Waals surface area contributed by atoms with Gasteiger partial charge in [-0.05, 0) is 93.0 Å². The summed E-state index contributed by atoms with van der Waals surface area (Å²) >= 11 is 0. The normalized spacial score (nSPS) is 11.0. The van der Waals surface area contributed by atoms with Crippen LogP contribution in [0.3, 0.4) is 0 Å². The van der Waals surface area contributed by atoms with Gasteiger partial charge in [-0.1, -0.05) is 133 Å². The topological polar surface area (TPSA) is 60.7 Å². The average molecular weight is 675 g/mol. The predicted molar refractivity (Wildman–Crippen MR) is 216 cm³/mol. The molecule has 3 heteroatoms. The van der Waals surface area contributed by atoms with Crippen LogP contribution in [0.25, 0.3) is 88.7 Å². The Morgan fingerprint density at radius 1 is 0.302 bits per heavy atom.